The molecule has 0 aromatic heterocycles. The van der Waals surface area contributed by atoms with E-state index in [4.69, 9.17) is 5.26 Å². The number of carbonyl (C=O) groups excluding carboxylic acids is 1. The largest absolute Gasteiger partial charge is 0.378 e. The molecule has 0 spiro atoms. The second-order valence-electron chi connectivity index (χ2n) is 5.52. The minimum Gasteiger partial charge on any atom is -0.378 e. The topological polar surface area (TPSA) is 64.9 Å². The highest BCUT2D eigenvalue weighted by Gasteiger charge is 2.15. The summed E-state index contributed by atoms with van der Waals surface area (Å²) in [5, 5.41) is 15.3. The second kappa shape index (κ2) is 5.90. The van der Waals surface area contributed by atoms with E-state index in [-0.39, 0.29) is 11.9 Å². The third kappa shape index (κ3) is 2.94. The molecule has 1 unspecified atom stereocenters. The third-order valence-electron chi connectivity index (χ3n) is 3.90. The van der Waals surface area contributed by atoms with Gasteiger partial charge in [-0.25, -0.2) is 0 Å². The van der Waals surface area contributed by atoms with Gasteiger partial charge in [-0.2, -0.15) is 5.26 Å². The molecule has 0 aliphatic carbocycles. The standard InChI is InChI=1S/C18H17N3O/c1-12(15-4-2-3-13(9-15)11-19)20-16-7-5-14-6-8-18(22)21-17(14)10-16/h2-5,7,9-10,12,20H,6,8H2,1H3,(H,21,22). The van der Waals surface area contributed by atoms with Crippen LogP contribution < -0.4 is 10.6 Å². The lowest BCUT2D eigenvalue weighted by atomic mass is 10.0. The van der Waals surface area contributed by atoms with Crippen LogP contribution in [0.3, 0.4) is 0 Å². The molecule has 110 valence electrons. The van der Waals surface area contributed by atoms with Crippen molar-refractivity contribution in [3.63, 3.8) is 0 Å². The van der Waals surface area contributed by atoms with Crippen LogP contribution in [0.4, 0.5) is 11.4 Å². The molecule has 1 aliphatic rings. The Morgan fingerprint density at radius 2 is 2.09 bits per heavy atom. The summed E-state index contributed by atoms with van der Waals surface area (Å²) in [5.74, 6) is 0.0689. The smallest absolute Gasteiger partial charge is 0.224 e. The molecule has 1 aliphatic heterocycles. The first-order chi connectivity index (χ1) is 10.7. The van der Waals surface area contributed by atoms with E-state index >= 15 is 0 Å². The lowest BCUT2D eigenvalue weighted by Gasteiger charge is -2.20. The Bertz CT molecular complexity index is 761. The normalized spacial score (nSPS) is 14.5. The van der Waals surface area contributed by atoms with Crippen LogP contribution in [0.25, 0.3) is 0 Å². The van der Waals surface area contributed by atoms with Gasteiger partial charge in [-0.1, -0.05) is 18.2 Å². The third-order valence-corrected chi connectivity index (χ3v) is 3.90. The number of nitrogens with zero attached hydrogens (tertiary/aromatic N) is 1. The van der Waals surface area contributed by atoms with Crippen LogP contribution in [-0.2, 0) is 11.2 Å². The van der Waals surface area contributed by atoms with E-state index < -0.39 is 0 Å². The summed E-state index contributed by atoms with van der Waals surface area (Å²) in [6, 6.07) is 15.9. The average molecular weight is 291 g/mol. The predicted octanol–water partition coefficient (Wildman–Crippen LogP) is 3.62. The van der Waals surface area contributed by atoms with E-state index in [0.29, 0.717) is 12.0 Å². The molecule has 2 N–H and O–H groups in total. The zero-order valence-corrected chi connectivity index (χ0v) is 12.4. The SMILES string of the molecule is CC(Nc1ccc2c(c1)NC(=O)CC2)c1cccc(C#N)c1. The zero-order valence-electron chi connectivity index (χ0n) is 12.4. The second-order valence-corrected chi connectivity index (χ2v) is 5.52. The Morgan fingerprint density at radius 3 is 2.91 bits per heavy atom. The van der Waals surface area contributed by atoms with Crippen molar-refractivity contribution >= 4 is 17.3 Å². The molecule has 4 nitrogen and oxygen atoms in total. The van der Waals surface area contributed by atoms with Crippen LogP contribution in [0.1, 0.15) is 36.1 Å². The molecule has 22 heavy (non-hydrogen) atoms. The molecule has 2 aromatic carbocycles. The number of aryl methyl sites for hydroxylation is 1. The number of carbonyl (C=O) groups is 1. The van der Waals surface area contributed by atoms with Crippen LogP contribution in [0.5, 0.6) is 0 Å². The Labute approximate surface area is 129 Å². The summed E-state index contributed by atoms with van der Waals surface area (Å²) >= 11 is 0. The summed E-state index contributed by atoms with van der Waals surface area (Å²) in [6.45, 7) is 2.05. The van der Waals surface area contributed by atoms with Crippen LogP contribution in [0, 0.1) is 11.3 Å². The fraction of sp³-hybridized carbons (Fsp3) is 0.222. The summed E-state index contributed by atoms with van der Waals surface area (Å²) in [5.41, 5.74) is 4.73. The van der Waals surface area contributed by atoms with Gasteiger partial charge in [-0.3, -0.25) is 4.79 Å². The first-order valence-corrected chi connectivity index (χ1v) is 7.35. The lowest BCUT2D eigenvalue weighted by molar-refractivity contribution is -0.116. The van der Waals surface area contributed by atoms with Gasteiger partial charge in [-0.05, 0) is 48.7 Å². The molecule has 2 aromatic rings. The molecule has 1 heterocycles. The van der Waals surface area contributed by atoms with Gasteiger partial charge in [0.2, 0.25) is 5.91 Å². The Balaban J connectivity index is 1.79. The van der Waals surface area contributed by atoms with Crippen molar-refractivity contribution in [2.24, 2.45) is 0 Å². The van der Waals surface area contributed by atoms with Gasteiger partial charge in [0.15, 0.2) is 0 Å². The highest BCUT2D eigenvalue weighted by atomic mass is 16.1. The summed E-state index contributed by atoms with van der Waals surface area (Å²) < 4.78 is 0. The predicted molar refractivity (Wildman–Crippen MR) is 86.6 cm³/mol. The fourth-order valence-corrected chi connectivity index (χ4v) is 2.67. The number of anilines is 2. The number of hydrogen-bond acceptors (Lipinski definition) is 3. The molecule has 1 amide bonds. The molecule has 0 radical (unpaired) electrons. The summed E-state index contributed by atoms with van der Waals surface area (Å²) in [7, 11) is 0. The van der Waals surface area contributed by atoms with Crippen LogP contribution in [0.2, 0.25) is 0 Å². The number of nitriles is 1. The minimum atomic E-state index is 0.0689. The number of hydrogen-bond donors (Lipinski definition) is 2. The van der Waals surface area contributed by atoms with Gasteiger partial charge in [0, 0.05) is 23.8 Å². The highest BCUT2D eigenvalue weighted by Crippen LogP contribution is 2.28. The van der Waals surface area contributed by atoms with Gasteiger partial charge in [0.1, 0.15) is 0 Å². The van der Waals surface area contributed by atoms with Gasteiger partial charge in [-0.15, -0.1) is 0 Å². The van der Waals surface area contributed by atoms with Gasteiger partial charge >= 0.3 is 0 Å². The van der Waals surface area contributed by atoms with Gasteiger partial charge < -0.3 is 10.6 Å². The summed E-state index contributed by atoms with van der Waals surface area (Å²) in [4.78, 5) is 11.5. The van der Waals surface area contributed by atoms with Crippen molar-refractivity contribution in [3.05, 3.63) is 59.2 Å². The monoisotopic (exact) mass is 291 g/mol. The van der Waals surface area contributed by atoms with Crippen molar-refractivity contribution in [1.82, 2.24) is 0 Å². The quantitative estimate of drug-likeness (QED) is 0.907. The van der Waals surface area contributed by atoms with Crippen LogP contribution in [-0.4, -0.2) is 5.91 Å². The van der Waals surface area contributed by atoms with Crippen molar-refractivity contribution in [2.45, 2.75) is 25.8 Å². The van der Waals surface area contributed by atoms with E-state index in [0.717, 1.165) is 23.4 Å². The Kier molecular flexibility index (Phi) is 3.80. The molecule has 0 fully saturated rings. The first-order valence-electron chi connectivity index (χ1n) is 7.35. The molecule has 0 bridgehead atoms. The molecule has 0 saturated heterocycles. The molecule has 4 heteroatoms. The maximum absolute atomic E-state index is 11.5. The van der Waals surface area contributed by atoms with Crippen molar-refractivity contribution in [1.29, 1.82) is 5.26 Å². The number of fused-ring (bicyclic) bond motifs is 1. The average Bonchev–Trinajstić information content (AvgIpc) is 2.54. The fourth-order valence-electron chi connectivity index (χ4n) is 2.67. The number of nitrogens with one attached hydrogen (secondary N) is 2. The van der Waals surface area contributed by atoms with E-state index in [9.17, 15) is 4.79 Å². The van der Waals surface area contributed by atoms with Crippen LogP contribution in [0.15, 0.2) is 42.5 Å². The first kappa shape index (κ1) is 14.2. The number of amides is 1. The van der Waals surface area contributed by atoms with Crippen molar-refractivity contribution in [3.8, 4) is 6.07 Å². The van der Waals surface area contributed by atoms with E-state index in [1.807, 2.05) is 30.3 Å². The molecule has 1 atom stereocenters. The van der Waals surface area contributed by atoms with Gasteiger partial charge in [0.05, 0.1) is 11.6 Å². The van der Waals surface area contributed by atoms with E-state index in [1.165, 1.54) is 5.56 Å². The zero-order chi connectivity index (χ0) is 15.5. The van der Waals surface area contributed by atoms with Crippen molar-refractivity contribution in [2.75, 3.05) is 10.6 Å². The number of benzene rings is 2. The van der Waals surface area contributed by atoms with Gasteiger partial charge in [0.25, 0.3) is 0 Å². The Morgan fingerprint density at radius 1 is 1.23 bits per heavy atom. The summed E-state index contributed by atoms with van der Waals surface area (Å²) in [6.07, 6.45) is 1.35. The van der Waals surface area contributed by atoms with E-state index in [2.05, 4.69) is 29.7 Å². The number of rotatable bonds is 3. The Hall–Kier alpha value is -2.80. The highest BCUT2D eigenvalue weighted by molar-refractivity contribution is 5.94. The maximum atomic E-state index is 11.5. The van der Waals surface area contributed by atoms with E-state index in [1.54, 1.807) is 6.07 Å². The molecular weight excluding hydrogens is 274 g/mol. The van der Waals surface area contributed by atoms with Crippen molar-refractivity contribution < 1.29 is 4.79 Å². The minimum absolute atomic E-state index is 0.0689. The molecule has 3 rings (SSSR count). The maximum Gasteiger partial charge on any atom is 0.224 e. The lowest BCUT2D eigenvalue weighted by Crippen LogP contribution is -2.19. The van der Waals surface area contributed by atoms with Crippen LogP contribution >= 0.6 is 0 Å². The molecule has 0 saturated carbocycles. The molecular formula is C18H17N3O.